The molecule has 0 saturated carbocycles. The molecular formula is C21H26ClNO5. The van der Waals surface area contributed by atoms with Gasteiger partial charge >= 0.3 is 5.97 Å². The lowest BCUT2D eigenvalue weighted by Crippen LogP contribution is -2.44. The van der Waals surface area contributed by atoms with E-state index in [1.807, 2.05) is 39.8 Å². The summed E-state index contributed by atoms with van der Waals surface area (Å²) in [5.74, 6) is -1.07. The molecule has 0 N–H and O–H groups in total. The highest BCUT2D eigenvalue weighted by Crippen LogP contribution is 2.43. The highest BCUT2D eigenvalue weighted by Gasteiger charge is 2.50. The van der Waals surface area contributed by atoms with Crippen LogP contribution in [0.15, 0.2) is 29.5 Å². The molecule has 28 heavy (non-hydrogen) atoms. The number of carbonyl (C=O) groups is 2. The fourth-order valence-electron chi connectivity index (χ4n) is 3.36. The number of carbonyl (C=O) groups excluding carboxylic acids is 2. The van der Waals surface area contributed by atoms with Crippen LogP contribution < -0.4 is 0 Å². The molecule has 0 aromatic heterocycles. The molecule has 0 saturated heterocycles. The third-order valence-electron chi connectivity index (χ3n) is 4.50. The van der Waals surface area contributed by atoms with Crippen LogP contribution >= 0.6 is 11.6 Å². The highest BCUT2D eigenvalue weighted by atomic mass is 35.5. The van der Waals surface area contributed by atoms with E-state index in [1.165, 1.54) is 5.06 Å². The van der Waals surface area contributed by atoms with Gasteiger partial charge in [0.05, 0.1) is 5.57 Å². The van der Waals surface area contributed by atoms with Crippen LogP contribution in [0.25, 0.3) is 5.57 Å². The molecule has 1 heterocycles. The van der Waals surface area contributed by atoms with Gasteiger partial charge in [0.15, 0.2) is 6.79 Å². The van der Waals surface area contributed by atoms with Gasteiger partial charge in [0, 0.05) is 6.61 Å². The number of nitrogens with zero attached hydrogens (tertiary/aromatic N) is 1. The summed E-state index contributed by atoms with van der Waals surface area (Å²) >= 11 is 5.71. The SMILES string of the molecule is C=C(Cl)C(=O)OC1=C(c2c(C)cc(C)cc2C)C(=O)N(OCOCC)C1(C)C. The highest BCUT2D eigenvalue weighted by molar-refractivity contribution is 6.41. The van der Waals surface area contributed by atoms with Gasteiger partial charge in [0.1, 0.15) is 16.3 Å². The van der Waals surface area contributed by atoms with E-state index in [2.05, 4.69) is 6.58 Å². The Labute approximate surface area is 170 Å². The average molecular weight is 408 g/mol. The summed E-state index contributed by atoms with van der Waals surface area (Å²) in [4.78, 5) is 31.1. The van der Waals surface area contributed by atoms with Crippen LogP contribution in [0.5, 0.6) is 0 Å². The fraction of sp³-hybridized carbons (Fsp3) is 0.429. The van der Waals surface area contributed by atoms with E-state index in [0.717, 1.165) is 16.7 Å². The van der Waals surface area contributed by atoms with Crippen molar-refractivity contribution in [1.82, 2.24) is 5.06 Å². The largest absolute Gasteiger partial charge is 0.423 e. The monoisotopic (exact) mass is 407 g/mol. The lowest BCUT2D eigenvalue weighted by molar-refractivity contribution is -0.243. The van der Waals surface area contributed by atoms with Crippen molar-refractivity contribution >= 4 is 29.1 Å². The van der Waals surface area contributed by atoms with E-state index < -0.39 is 17.4 Å². The van der Waals surface area contributed by atoms with Gasteiger partial charge in [-0.2, -0.15) is 0 Å². The molecule has 0 atom stereocenters. The lowest BCUT2D eigenvalue weighted by atomic mass is 9.91. The first-order valence-corrected chi connectivity index (χ1v) is 9.34. The second-order valence-corrected chi connectivity index (χ2v) is 7.63. The molecule has 6 nitrogen and oxygen atoms in total. The zero-order valence-electron chi connectivity index (χ0n) is 17.1. The van der Waals surface area contributed by atoms with Crippen LogP contribution in [0.4, 0.5) is 0 Å². The van der Waals surface area contributed by atoms with Crippen molar-refractivity contribution in [3.05, 3.63) is 51.8 Å². The minimum atomic E-state index is -1.06. The summed E-state index contributed by atoms with van der Waals surface area (Å²) in [6.07, 6.45) is 0. The van der Waals surface area contributed by atoms with E-state index in [-0.39, 0.29) is 23.2 Å². The van der Waals surface area contributed by atoms with Gasteiger partial charge in [0.25, 0.3) is 5.91 Å². The summed E-state index contributed by atoms with van der Waals surface area (Å²) in [5.41, 5.74) is 2.76. The van der Waals surface area contributed by atoms with Gasteiger partial charge in [-0.25, -0.2) is 14.7 Å². The molecule has 0 aliphatic carbocycles. The standard InChI is InChI=1S/C21H26ClNO5/c1-8-26-11-27-23-19(24)17(16-13(3)9-12(2)10-14(16)4)18(21(23,6)7)28-20(25)15(5)22/h9-10H,5,8,11H2,1-4,6-7H3. The summed E-state index contributed by atoms with van der Waals surface area (Å²) in [5, 5.41) is 0.900. The number of aryl methyl sites for hydroxylation is 3. The number of amides is 1. The number of ether oxygens (including phenoxy) is 2. The van der Waals surface area contributed by atoms with Gasteiger partial charge < -0.3 is 9.47 Å². The lowest BCUT2D eigenvalue weighted by Gasteiger charge is -2.31. The number of hydroxylamine groups is 2. The first-order valence-electron chi connectivity index (χ1n) is 8.97. The summed E-state index contributed by atoms with van der Waals surface area (Å²) < 4.78 is 10.7. The molecule has 152 valence electrons. The molecular weight excluding hydrogens is 382 g/mol. The molecule has 0 fully saturated rings. The van der Waals surface area contributed by atoms with Crippen LogP contribution in [0.2, 0.25) is 0 Å². The van der Waals surface area contributed by atoms with E-state index in [9.17, 15) is 9.59 Å². The average Bonchev–Trinajstić information content (AvgIpc) is 2.75. The Morgan fingerprint density at radius 2 is 1.79 bits per heavy atom. The summed E-state index contributed by atoms with van der Waals surface area (Å²) in [7, 11) is 0. The number of rotatable bonds is 7. The molecule has 1 aromatic carbocycles. The Bertz CT molecular complexity index is 833. The van der Waals surface area contributed by atoms with Gasteiger partial charge in [-0.1, -0.05) is 35.9 Å². The van der Waals surface area contributed by atoms with Crippen LogP contribution in [-0.2, 0) is 23.9 Å². The number of benzene rings is 1. The zero-order valence-corrected chi connectivity index (χ0v) is 17.9. The Kier molecular flexibility index (Phi) is 6.70. The zero-order chi connectivity index (χ0) is 21.2. The molecule has 0 unspecified atom stereocenters. The maximum absolute atomic E-state index is 13.3. The van der Waals surface area contributed by atoms with Gasteiger partial charge in [-0.15, -0.1) is 0 Å². The minimum absolute atomic E-state index is 0.103. The molecule has 1 aliphatic heterocycles. The van der Waals surface area contributed by atoms with Crippen molar-refractivity contribution in [2.24, 2.45) is 0 Å². The number of halogens is 1. The molecule has 1 amide bonds. The molecule has 7 heteroatoms. The van der Waals surface area contributed by atoms with Gasteiger partial charge in [0.2, 0.25) is 0 Å². The third-order valence-corrected chi connectivity index (χ3v) is 4.66. The molecule has 2 rings (SSSR count). The number of hydrogen-bond acceptors (Lipinski definition) is 5. The molecule has 1 aliphatic rings. The Hall–Kier alpha value is -2.15. The maximum Gasteiger partial charge on any atom is 0.354 e. The van der Waals surface area contributed by atoms with Crippen LogP contribution in [0.3, 0.4) is 0 Å². The van der Waals surface area contributed by atoms with Crippen LogP contribution in [0, 0.1) is 20.8 Å². The second kappa shape index (κ2) is 8.47. The van der Waals surface area contributed by atoms with Crippen LogP contribution in [-0.4, -0.2) is 35.9 Å². The van der Waals surface area contributed by atoms with Crippen LogP contribution in [0.1, 0.15) is 43.0 Å². The third kappa shape index (κ3) is 4.14. The number of esters is 1. The Balaban J connectivity index is 2.65. The fourth-order valence-corrected chi connectivity index (χ4v) is 3.40. The Morgan fingerprint density at radius 3 is 2.29 bits per heavy atom. The minimum Gasteiger partial charge on any atom is -0.423 e. The van der Waals surface area contributed by atoms with Gasteiger partial charge in [-0.05, 0) is 58.2 Å². The van der Waals surface area contributed by atoms with Crippen molar-refractivity contribution in [3.8, 4) is 0 Å². The first kappa shape index (κ1) is 22.1. The topological polar surface area (TPSA) is 65.1 Å². The normalized spacial score (nSPS) is 16.0. The van der Waals surface area contributed by atoms with E-state index in [0.29, 0.717) is 12.2 Å². The second-order valence-electron chi connectivity index (χ2n) is 7.17. The molecule has 0 radical (unpaired) electrons. The first-order chi connectivity index (χ1) is 13.0. The van der Waals surface area contributed by atoms with Crippen molar-refractivity contribution in [2.75, 3.05) is 13.4 Å². The van der Waals surface area contributed by atoms with Gasteiger partial charge in [-0.3, -0.25) is 4.79 Å². The van der Waals surface area contributed by atoms with E-state index in [1.54, 1.807) is 13.8 Å². The predicted molar refractivity (Wildman–Crippen MR) is 107 cm³/mol. The van der Waals surface area contributed by atoms with E-state index in [4.69, 9.17) is 25.9 Å². The van der Waals surface area contributed by atoms with Crippen molar-refractivity contribution < 1.29 is 23.9 Å². The van der Waals surface area contributed by atoms with E-state index >= 15 is 0 Å². The quantitative estimate of drug-likeness (QED) is 0.294. The molecule has 1 aromatic rings. The Morgan fingerprint density at radius 1 is 1.21 bits per heavy atom. The van der Waals surface area contributed by atoms with Crippen molar-refractivity contribution in [1.29, 1.82) is 0 Å². The molecule has 0 spiro atoms. The van der Waals surface area contributed by atoms with Crippen molar-refractivity contribution in [3.63, 3.8) is 0 Å². The molecule has 0 bridgehead atoms. The smallest absolute Gasteiger partial charge is 0.354 e. The maximum atomic E-state index is 13.3. The predicted octanol–water partition coefficient (Wildman–Crippen LogP) is 4.17. The number of hydrogen-bond donors (Lipinski definition) is 0. The van der Waals surface area contributed by atoms with Crippen molar-refractivity contribution in [2.45, 2.75) is 47.1 Å². The summed E-state index contributed by atoms with van der Waals surface area (Å²) in [6, 6.07) is 3.94. The summed E-state index contributed by atoms with van der Waals surface area (Å²) in [6.45, 7) is 14.8.